The van der Waals surface area contributed by atoms with Gasteiger partial charge in [-0.3, -0.25) is 0 Å². The number of hydrogen-bond donors (Lipinski definition) is 0. The monoisotopic (exact) mass is 1120 g/mol. The van der Waals surface area contributed by atoms with E-state index in [1.807, 2.05) is 18.2 Å². The molecule has 0 atom stereocenters. The number of rotatable bonds is 10. The van der Waals surface area contributed by atoms with E-state index in [9.17, 15) is 5.26 Å². The van der Waals surface area contributed by atoms with Gasteiger partial charge >= 0.3 is 0 Å². The fourth-order valence-electron chi connectivity index (χ4n) is 14.2. The second kappa shape index (κ2) is 20.8. The van der Waals surface area contributed by atoms with Crippen molar-refractivity contribution in [2.45, 2.75) is 0 Å². The Balaban J connectivity index is 0.958. The molecular formula is C79H52B2N6O. The van der Waals surface area contributed by atoms with Gasteiger partial charge in [-0.05, 0) is 160 Å². The third-order valence-corrected chi connectivity index (χ3v) is 17.8. The van der Waals surface area contributed by atoms with Crippen LogP contribution in [0.5, 0.6) is 11.5 Å². The van der Waals surface area contributed by atoms with Gasteiger partial charge in [0.1, 0.15) is 11.5 Å². The van der Waals surface area contributed by atoms with Crippen molar-refractivity contribution >= 4 is 132 Å². The first-order valence-electron chi connectivity index (χ1n) is 29.9. The van der Waals surface area contributed by atoms with Crippen LogP contribution in [-0.2, 0) is 0 Å². The Morgan fingerprint density at radius 3 is 1.24 bits per heavy atom. The van der Waals surface area contributed by atoms with Crippen LogP contribution in [0.4, 0.5) is 85.3 Å². The summed E-state index contributed by atoms with van der Waals surface area (Å²) >= 11 is 0. The van der Waals surface area contributed by atoms with Gasteiger partial charge in [0, 0.05) is 85.9 Å². The molecule has 13 aromatic rings. The summed E-state index contributed by atoms with van der Waals surface area (Å²) in [7, 11) is 0. The SMILES string of the molecule is N#Cc1ccc(N2c3ccccc3B3c4cc5c(cc4N(c4ccccc4)c4cc(N(c6ccccc6)c6ccccc6)cc2c43)Oc2cc(N(c3ccccc3)c3ccccc3)cc3c2B5c2ccccc2N3c2ccccc2)c(-c2ccccc2)c1. The lowest BCUT2D eigenvalue weighted by atomic mass is 9.30. The van der Waals surface area contributed by atoms with Crippen molar-refractivity contribution in [3.8, 4) is 28.7 Å². The number of nitrogens with zero attached hydrogens (tertiary/aromatic N) is 6. The van der Waals surface area contributed by atoms with Crippen molar-refractivity contribution in [3.05, 3.63) is 321 Å². The van der Waals surface area contributed by atoms with Crippen molar-refractivity contribution in [2.75, 3.05) is 24.5 Å². The van der Waals surface area contributed by atoms with Gasteiger partial charge < -0.3 is 29.2 Å². The predicted octanol–water partition coefficient (Wildman–Crippen LogP) is 16.7. The molecule has 0 N–H and O–H groups in total. The third-order valence-electron chi connectivity index (χ3n) is 17.8. The standard InChI is InChI=1S/C79H52B2N6O/c82-53-54-44-45-69(64(46-54)55-26-8-1-9-27-55)87-71-43-25-23-41-66(71)80-67-51-68-76(52-72(67)86(61-38-20-7-21-39-61)73-47-62(48-74(87)78(73)80)83(56-28-10-2-11-29-56)57-30-12-3-13-31-57)88-77-50-63(84(58-32-14-4-15-33-58)59-34-16-5-17-35-59)49-75-79(77)81(68)65-40-22-24-42-70(65)85(75)60-36-18-6-19-37-60/h1-52H. The molecule has 0 aromatic heterocycles. The molecule has 0 unspecified atom stereocenters. The first kappa shape index (κ1) is 50.8. The molecule has 0 saturated carbocycles. The van der Waals surface area contributed by atoms with E-state index >= 15 is 0 Å². The summed E-state index contributed by atoms with van der Waals surface area (Å²) in [6.45, 7) is -0.437. The van der Waals surface area contributed by atoms with Crippen molar-refractivity contribution in [2.24, 2.45) is 0 Å². The molecule has 0 radical (unpaired) electrons. The van der Waals surface area contributed by atoms with Gasteiger partial charge in [-0.25, -0.2) is 0 Å². The minimum Gasteiger partial charge on any atom is -0.458 e. The molecule has 4 aliphatic rings. The van der Waals surface area contributed by atoms with Crippen LogP contribution in [0, 0.1) is 11.3 Å². The molecule has 4 aliphatic heterocycles. The summed E-state index contributed by atoms with van der Waals surface area (Å²) in [6, 6.07) is 115. The lowest BCUT2D eigenvalue weighted by Gasteiger charge is -2.46. The molecule has 7 nitrogen and oxygen atoms in total. The molecular weight excluding hydrogens is 1070 g/mol. The highest BCUT2D eigenvalue weighted by Crippen LogP contribution is 2.52. The third kappa shape index (κ3) is 8.15. The van der Waals surface area contributed by atoms with E-state index in [2.05, 4.69) is 328 Å². The van der Waals surface area contributed by atoms with Crippen molar-refractivity contribution in [3.63, 3.8) is 0 Å². The van der Waals surface area contributed by atoms with Crippen LogP contribution < -0.4 is 62.0 Å². The largest absolute Gasteiger partial charge is 0.458 e. The van der Waals surface area contributed by atoms with Crippen molar-refractivity contribution < 1.29 is 4.74 Å². The molecule has 4 heterocycles. The van der Waals surface area contributed by atoms with Crippen molar-refractivity contribution in [1.29, 1.82) is 5.26 Å². The fourth-order valence-corrected chi connectivity index (χ4v) is 14.2. The van der Waals surface area contributed by atoms with Crippen LogP contribution in [0.1, 0.15) is 5.56 Å². The summed E-state index contributed by atoms with van der Waals surface area (Å²) in [4.78, 5) is 12.1. The molecule has 88 heavy (non-hydrogen) atoms. The summed E-state index contributed by atoms with van der Waals surface area (Å²) < 4.78 is 7.71. The average molecular weight is 1120 g/mol. The second-order valence-corrected chi connectivity index (χ2v) is 22.7. The zero-order valence-corrected chi connectivity index (χ0v) is 47.8. The highest BCUT2D eigenvalue weighted by Gasteiger charge is 2.48. The van der Waals surface area contributed by atoms with Crippen LogP contribution in [0.2, 0.25) is 0 Å². The number of fused-ring (bicyclic) bond motifs is 8. The van der Waals surface area contributed by atoms with E-state index in [-0.39, 0.29) is 13.4 Å². The summed E-state index contributed by atoms with van der Waals surface area (Å²) in [5, 5.41) is 10.5. The highest BCUT2D eigenvalue weighted by atomic mass is 16.5. The smallest absolute Gasteiger partial charge is 0.256 e. The lowest BCUT2D eigenvalue weighted by Crippen LogP contribution is -2.64. The minimum atomic E-state index is -0.236. The highest BCUT2D eigenvalue weighted by molar-refractivity contribution is 7.02. The molecule has 0 saturated heterocycles. The Morgan fingerprint density at radius 2 is 0.716 bits per heavy atom. The van der Waals surface area contributed by atoms with Gasteiger partial charge in [0.05, 0.1) is 28.7 Å². The molecule has 17 rings (SSSR count). The normalized spacial score (nSPS) is 12.7. The molecule has 0 amide bonds. The number of para-hydroxylation sites is 8. The van der Waals surface area contributed by atoms with E-state index < -0.39 is 0 Å². The molecule has 13 aromatic carbocycles. The van der Waals surface area contributed by atoms with Gasteiger partial charge in [0.2, 0.25) is 0 Å². The summed E-state index contributed by atoms with van der Waals surface area (Å²) in [5.41, 5.74) is 25.1. The van der Waals surface area contributed by atoms with Gasteiger partial charge in [-0.2, -0.15) is 5.26 Å². The first-order valence-corrected chi connectivity index (χ1v) is 29.9. The fraction of sp³-hybridized carbons (Fsp3) is 0. The van der Waals surface area contributed by atoms with Gasteiger partial charge in [-0.15, -0.1) is 0 Å². The van der Waals surface area contributed by atoms with Gasteiger partial charge in [0.15, 0.2) is 0 Å². The maximum absolute atomic E-state index is 10.5. The predicted molar refractivity (Wildman–Crippen MR) is 366 cm³/mol. The van der Waals surface area contributed by atoms with E-state index in [0.29, 0.717) is 5.56 Å². The van der Waals surface area contributed by atoms with E-state index in [1.54, 1.807) is 0 Å². The average Bonchev–Trinajstić information content (AvgIpc) is 0.825. The van der Waals surface area contributed by atoms with Crippen LogP contribution >= 0.6 is 0 Å². The first-order chi connectivity index (χ1) is 43.6. The summed E-state index contributed by atoms with van der Waals surface area (Å²) in [5.74, 6) is 1.61. The van der Waals surface area contributed by atoms with Gasteiger partial charge in [-0.1, -0.05) is 182 Å². The number of ether oxygens (including phenoxy) is 1. The minimum absolute atomic E-state index is 0.202. The Kier molecular flexibility index (Phi) is 12.0. The van der Waals surface area contributed by atoms with Crippen LogP contribution in [0.3, 0.4) is 0 Å². The van der Waals surface area contributed by atoms with Crippen LogP contribution in [-0.4, -0.2) is 13.4 Å². The number of anilines is 15. The number of benzene rings is 13. The summed E-state index contributed by atoms with van der Waals surface area (Å²) in [6.07, 6.45) is 0. The molecule has 9 heteroatoms. The maximum atomic E-state index is 10.5. The van der Waals surface area contributed by atoms with Gasteiger partial charge in [0.25, 0.3) is 13.4 Å². The zero-order chi connectivity index (χ0) is 58.2. The van der Waals surface area contributed by atoms with Crippen LogP contribution in [0.15, 0.2) is 315 Å². The Bertz CT molecular complexity index is 4800. The Morgan fingerprint density at radius 1 is 0.295 bits per heavy atom. The lowest BCUT2D eigenvalue weighted by molar-refractivity contribution is 0.488. The topological polar surface area (TPSA) is 49.2 Å². The zero-order valence-electron chi connectivity index (χ0n) is 47.8. The van der Waals surface area contributed by atoms with Crippen molar-refractivity contribution in [1.82, 2.24) is 0 Å². The molecule has 410 valence electrons. The van der Waals surface area contributed by atoms with E-state index in [1.165, 1.54) is 21.9 Å². The molecule has 0 fully saturated rings. The number of nitriles is 1. The Labute approximate surface area is 512 Å². The Hall–Kier alpha value is -11.7. The quantitative estimate of drug-likeness (QED) is 0.126. The molecule has 0 aliphatic carbocycles. The van der Waals surface area contributed by atoms with Crippen LogP contribution in [0.25, 0.3) is 11.1 Å². The molecule has 0 bridgehead atoms. The molecule has 0 spiro atoms. The number of hydrogen-bond acceptors (Lipinski definition) is 7. The van der Waals surface area contributed by atoms with E-state index in [4.69, 9.17) is 4.74 Å². The second-order valence-electron chi connectivity index (χ2n) is 22.7. The van der Waals surface area contributed by atoms with E-state index in [0.717, 1.165) is 119 Å². The maximum Gasteiger partial charge on any atom is 0.256 e.